The molecule has 1 unspecified atom stereocenters. The minimum Gasteiger partial charge on any atom is -0.492 e. The molecular formula is C22H28FNO3. The summed E-state index contributed by atoms with van der Waals surface area (Å²) in [5.41, 5.74) is 2.17. The fourth-order valence-corrected chi connectivity index (χ4v) is 2.93. The van der Waals surface area contributed by atoms with Crippen LogP contribution in [0.3, 0.4) is 0 Å². The average molecular weight is 373 g/mol. The largest absolute Gasteiger partial charge is 0.492 e. The Bertz CT molecular complexity index is 711. The van der Waals surface area contributed by atoms with Crippen molar-refractivity contribution in [1.82, 2.24) is 4.90 Å². The normalized spacial score (nSPS) is 15.4. The number of hydrogen-bond acceptors (Lipinski definition) is 4. The molecule has 3 rings (SSSR count). The minimum absolute atomic E-state index is 0.0432. The summed E-state index contributed by atoms with van der Waals surface area (Å²) in [5.74, 6) is 1.52. The van der Waals surface area contributed by atoms with Crippen LogP contribution in [0.4, 0.5) is 4.39 Å². The summed E-state index contributed by atoms with van der Waals surface area (Å²) < 4.78 is 23.5. The Labute approximate surface area is 160 Å². The average Bonchev–Trinajstić information content (AvgIpc) is 3.51. The molecule has 2 aromatic rings. The molecular weight excluding hydrogens is 345 g/mol. The summed E-state index contributed by atoms with van der Waals surface area (Å²) in [6.45, 7) is 7.60. The summed E-state index contributed by atoms with van der Waals surface area (Å²) >= 11 is 0. The van der Waals surface area contributed by atoms with Crippen molar-refractivity contribution in [3.63, 3.8) is 0 Å². The van der Waals surface area contributed by atoms with Crippen LogP contribution in [-0.4, -0.2) is 55.6 Å². The molecule has 0 aromatic heterocycles. The summed E-state index contributed by atoms with van der Waals surface area (Å²) in [4.78, 5) is 2.34. The molecule has 27 heavy (non-hydrogen) atoms. The van der Waals surface area contributed by atoms with Gasteiger partial charge in [-0.25, -0.2) is 4.39 Å². The lowest BCUT2D eigenvalue weighted by Crippen LogP contribution is -2.20. The third kappa shape index (κ3) is 5.44. The van der Waals surface area contributed by atoms with Crippen molar-refractivity contribution < 1.29 is 19.0 Å². The number of rotatable bonds is 10. The zero-order valence-corrected chi connectivity index (χ0v) is 16.0. The van der Waals surface area contributed by atoms with Gasteiger partial charge < -0.3 is 14.6 Å². The molecule has 0 bridgehead atoms. The first-order valence-electron chi connectivity index (χ1n) is 9.42. The fraction of sp³-hybridized carbons (Fsp3) is 0.455. The van der Waals surface area contributed by atoms with Crippen LogP contribution in [0.25, 0.3) is 0 Å². The van der Waals surface area contributed by atoms with E-state index in [9.17, 15) is 9.50 Å². The molecule has 1 heterocycles. The van der Waals surface area contributed by atoms with E-state index in [1.54, 1.807) is 0 Å². The number of benzene rings is 2. The summed E-state index contributed by atoms with van der Waals surface area (Å²) in [6.07, 6.45) is -1.08. The highest BCUT2D eigenvalue weighted by Gasteiger charge is 2.23. The maximum atomic E-state index is 12.3. The Morgan fingerprint density at radius 3 is 1.96 bits per heavy atom. The van der Waals surface area contributed by atoms with E-state index in [1.165, 1.54) is 18.7 Å². The van der Waals surface area contributed by atoms with Crippen LogP contribution in [0.15, 0.2) is 48.5 Å². The second-order valence-electron chi connectivity index (χ2n) is 7.48. The number of aliphatic hydroxyl groups is 1. The predicted octanol–water partition coefficient (Wildman–Crippen LogP) is 3.42. The SMILES string of the molecule is CC(C)(c1ccc(OCCN2CC2)cc1)c1ccc(OCC(O)CF)cc1. The summed E-state index contributed by atoms with van der Waals surface area (Å²) in [7, 11) is 0. The van der Waals surface area contributed by atoms with Crippen molar-refractivity contribution in [3.05, 3.63) is 59.7 Å². The molecule has 2 aromatic carbocycles. The molecule has 1 saturated heterocycles. The van der Waals surface area contributed by atoms with Gasteiger partial charge in [0.05, 0.1) is 0 Å². The number of nitrogens with zero attached hydrogens (tertiary/aromatic N) is 1. The van der Waals surface area contributed by atoms with Crippen LogP contribution >= 0.6 is 0 Å². The lowest BCUT2D eigenvalue weighted by molar-refractivity contribution is 0.0842. The number of aliphatic hydroxyl groups excluding tert-OH is 1. The van der Waals surface area contributed by atoms with Gasteiger partial charge in [0.15, 0.2) is 0 Å². The number of halogens is 1. The van der Waals surface area contributed by atoms with Crippen molar-refractivity contribution in [2.45, 2.75) is 25.4 Å². The van der Waals surface area contributed by atoms with E-state index in [0.29, 0.717) is 5.75 Å². The Hall–Kier alpha value is -2.11. The summed E-state index contributed by atoms with van der Waals surface area (Å²) in [6, 6.07) is 16.0. The van der Waals surface area contributed by atoms with E-state index in [4.69, 9.17) is 9.47 Å². The number of hydrogen-bond donors (Lipinski definition) is 1. The molecule has 4 nitrogen and oxygen atoms in total. The maximum Gasteiger partial charge on any atom is 0.119 e. The molecule has 1 N–H and O–H groups in total. The zero-order valence-electron chi connectivity index (χ0n) is 16.0. The molecule has 0 amide bonds. The minimum atomic E-state index is -1.08. The second kappa shape index (κ2) is 8.72. The lowest BCUT2D eigenvalue weighted by Gasteiger charge is -2.26. The van der Waals surface area contributed by atoms with Crippen LogP contribution in [0.5, 0.6) is 11.5 Å². The van der Waals surface area contributed by atoms with Gasteiger partial charge in [0.2, 0.25) is 0 Å². The molecule has 1 aliphatic heterocycles. The smallest absolute Gasteiger partial charge is 0.119 e. The zero-order chi connectivity index (χ0) is 19.3. The molecule has 1 aliphatic rings. The van der Waals surface area contributed by atoms with Gasteiger partial charge in [-0.05, 0) is 35.4 Å². The van der Waals surface area contributed by atoms with Gasteiger partial charge in [-0.1, -0.05) is 38.1 Å². The number of ether oxygens (including phenoxy) is 2. The van der Waals surface area contributed by atoms with Gasteiger partial charge >= 0.3 is 0 Å². The van der Waals surface area contributed by atoms with E-state index >= 15 is 0 Å². The van der Waals surface area contributed by atoms with Gasteiger partial charge in [0.25, 0.3) is 0 Å². The van der Waals surface area contributed by atoms with E-state index in [0.717, 1.165) is 24.5 Å². The molecule has 0 aliphatic carbocycles. The lowest BCUT2D eigenvalue weighted by atomic mass is 9.78. The van der Waals surface area contributed by atoms with Crippen molar-refractivity contribution in [1.29, 1.82) is 0 Å². The first-order chi connectivity index (χ1) is 13.0. The van der Waals surface area contributed by atoms with Crippen LogP contribution in [0, 0.1) is 0 Å². The topological polar surface area (TPSA) is 41.7 Å². The Balaban J connectivity index is 1.60. The molecule has 146 valence electrons. The summed E-state index contributed by atoms with van der Waals surface area (Å²) in [5, 5.41) is 9.25. The second-order valence-corrected chi connectivity index (χ2v) is 7.48. The van der Waals surface area contributed by atoms with E-state index in [1.807, 2.05) is 36.4 Å². The van der Waals surface area contributed by atoms with Crippen molar-refractivity contribution in [3.8, 4) is 11.5 Å². The molecule has 0 saturated carbocycles. The van der Waals surface area contributed by atoms with Gasteiger partial charge in [-0.3, -0.25) is 4.90 Å². The highest BCUT2D eigenvalue weighted by Crippen LogP contribution is 2.33. The van der Waals surface area contributed by atoms with Gasteiger partial charge in [0.1, 0.15) is 37.5 Å². The first-order valence-corrected chi connectivity index (χ1v) is 9.42. The van der Waals surface area contributed by atoms with E-state index in [-0.39, 0.29) is 12.0 Å². The standard InChI is InChI=1S/C22H28FNO3/c1-22(2,18-5-9-21(10-6-18)27-16-19(25)15-23)17-3-7-20(8-4-17)26-14-13-24-11-12-24/h3-10,19,25H,11-16H2,1-2H3. The van der Waals surface area contributed by atoms with Crippen molar-refractivity contribution >= 4 is 0 Å². The maximum absolute atomic E-state index is 12.3. The van der Waals surface area contributed by atoms with Crippen molar-refractivity contribution in [2.75, 3.05) is 39.5 Å². The highest BCUT2D eigenvalue weighted by atomic mass is 19.1. The Morgan fingerprint density at radius 2 is 1.48 bits per heavy atom. The Morgan fingerprint density at radius 1 is 0.963 bits per heavy atom. The van der Waals surface area contributed by atoms with Crippen molar-refractivity contribution in [2.24, 2.45) is 0 Å². The van der Waals surface area contributed by atoms with Crippen LogP contribution in [0.1, 0.15) is 25.0 Å². The highest BCUT2D eigenvalue weighted by molar-refractivity contribution is 5.41. The monoisotopic (exact) mass is 373 g/mol. The first kappa shape index (κ1) is 19.6. The fourth-order valence-electron chi connectivity index (χ4n) is 2.93. The van der Waals surface area contributed by atoms with Crippen LogP contribution < -0.4 is 9.47 Å². The molecule has 1 atom stereocenters. The third-order valence-electron chi connectivity index (χ3n) is 4.99. The quantitative estimate of drug-likeness (QED) is 0.648. The van der Waals surface area contributed by atoms with Crippen LogP contribution in [0.2, 0.25) is 0 Å². The Kier molecular flexibility index (Phi) is 6.34. The number of alkyl halides is 1. The molecule has 0 spiro atoms. The van der Waals surface area contributed by atoms with Gasteiger partial charge in [-0.2, -0.15) is 0 Å². The molecule has 5 heteroatoms. The van der Waals surface area contributed by atoms with Gasteiger partial charge in [-0.15, -0.1) is 0 Å². The van der Waals surface area contributed by atoms with E-state index in [2.05, 4.69) is 30.9 Å². The third-order valence-corrected chi connectivity index (χ3v) is 4.99. The molecule has 1 fully saturated rings. The predicted molar refractivity (Wildman–Crippen MR) is 104 cm³/mol. The van der Waals surface area contributed by atoms with Gasteiger partial charge in [0, 0.05) is 25.0 Å². The van der Waals surface area contributed by atoms with Crippen LogP contribution in [-0.2, 0) is 5.41 Å². The van der Waals surface area contributed by atoms with E-state index < -0.39 is 12.8 Å². The molecule has 0 radical (unpaired) electrons.